The first-order valence-corrected chi connectivity index (χ1v) is 15.1. The molecule has 4 aliphatic heterocycles. The quantitative estimate of drug-likeness (QED) is 0.190. The van der Waals surface area contributed by atoms with Crippen LogP contribution in [-0.4, -0.2) is 99.0 Å². The maximum Gasteiger partial charge on any atom is 0.331 e. The second-order valence-electron chi connectivity index (χ2n) is 13.1. The van der Waals surface area contributed by atoms with Crippen LogP contribution in [0.5, 0.6) is 0 Å². The summed E-state index contributed by atoms with van der Waals surface area (Å²) in [6, 6.07) is 10.6. The number of carbonyl (C=O) groups excluding carboxylic acids is 3. The summed E-state index contributed by atoms with van der Waals surface area (Å²) < 4.78 is 0. The van der Waals surface area contributed by atoms with Gasteiger partial charge in [0, 0.05) is 17.8 Å². The Morgan fingerprint density at radius 3 is 2.60 bits per heavy atom. The van der Waals surface area contributed by atoms with Gasteiger partial charge in [0.2, 0.25) is 5.79 Å². The molecule has 2 aromatic rings. The van der Waals surface area contributed by atoms with E-state index in [9.17, 15) is 24.6 Å². The highest BCUT2D eigenvalue weighted by Crippen LogP contribution is 2.45. The van der Waals surface area contributed by atoms with Gasteiger partial charge < -0.3 is 37.2 Å². The number of guanidine groups is 2. The number of urea groups is 1. The van der Waals surface area contributed by atoms with E-state index in [1.807, 2.05) is 18.2 Å². The van der Waals surface area contributed by atoms with Crippen molar-refractivity contribution < 1.29 is 24.6 Å². The summed E-state index contributed by atoms with van der Waals surface area (Å²) in [5, 5.41) is 29.6. The molecule has 0 saturated carbocycles. The van der Waals surface area contributed by atoms with Crippen molar-refractivity contribution in [3.05, 3.63) is 65.2 Å². The highest BCUT2D eigenvalue weighted by molar-refractivity contribution is 6.12. The number of hydrogen-bond acceptors (Lipinski definition) is 11. The molecule has 236 valence electrons. The minimum absolute atomic E-state index is 0.0740. The number of nitrogens with one attached hydrogen (secondary N) is 2. The Kier molecular flexibility index (Phi) is 6.39. The Labute approximate surface area is 259 Å². The van der Waals surface area contributed by atoms with Crippen LogP contribution in [0.1, 0.15) is 48.2 Å². The SMILES string of the molecule is CC1(C)CCCc2cccc(C(=O)NC3CN4C(N)=N[C@@H](CN5C(=O)CN(c6ccccc6)C5=O)C5N=C(N)NC54C3(O)O)c21. The van der Waals surface area contributed by atoms with Crippen molar-refractivity contribution in [2.24, 2.45) is 21.5 Å². The number of aliphatic hydroxyl groups is 2. The van der Waals surface area contributed by atoms with Crippen molar-refractivity contribution in [1.82, 2.24) is 20.4 Å². The predicted molar refractivity (Wildman–Crippen MR) is 165 cm³/mol. The Morgan fingerprint density at radius 1 is 1.09 bits per heavy atom. The summed E-state index contributed by atoms with van der Waals surface area (Å²) in [6.07, 6.45) is 2.82. The number of anilines is 1. The van der Waals surface area contributed by atoms with E-state index in [-0.39, 0.29) is 37.0 Å². The van der Waals surface area contributed by atoms with E-state index >= 15 is 0 Å². The molecule has 0 aromatic heterocycles. The van der Waals surface area contributed by atoms with Crippen LogP contribution in [0.2, 0.25) is 0 Å². The van der Waals surface area contributed by atoms with Crippen LogP contribution in [0.25, 0.3) is 0 Å². The molecule has 7 rings (SSSR count). The third kappa shape index (κ3) is 4.19. The number of fused-ring (bicyclic) bond motifs is 1. The molecular weight excluding hydrogens is 578 g/mol. The lowest BCUT2D eigenvalue weighted by molar-refractivity contribution is -0.230. The largest absolute Gasteiger partial charge is 0.370 e. The fourth-order valence-corrected chi connectivity index (χ4v) is 7.83. The van der Waals surface area contributed by atoms with Gasteiger partial charge in [-0.3, -0.25) is 19.4 Å². The van der Waals surface area contributed by atoms with E-state index in [4.69, 9.17) is 11.5 Å². The van der Waals surface area contributed by atoms with Gasteiger partial charge in [0.1, 0.15) is 18.6 Å². The highest BCUT2D eigenvalue weighted by Gasteiger charge is 2.73. The summed E-state index contributed by atoms with van der Waals surface area (Å²) in [5.74, 6) is -3.71. The molecule has 45 heavy (non-hydrogen) atoms. The van der Waals surface area contributed by atoms with Crippen LogP contribution < -0.4 is 27.0 Å². The number of imide groups is 1. The van der Waals surface area contributed by atoms with Crippen molar-refractivity contribution in [1.29, 1.82) is 0 Å². The molecule has 1 aliphatic carbocycles. The number of nitrogens with zero attached hydrogens (tertiary/aromatic N) is 5. The third-order valence-corrected chi connectivity index (χ3v) is 9.92. The van der Waals surface area contributed by atoms with E-state index in [1.54, 1.807) is 30.3 Å². The molecule has 8 N–H and O–H groups in total. The number of aryl methyl sites for hydroxylation is 1. The summed E-state index contributed by atoms with van der Waals surface area (Å²) in [6.45, 7) is 3.72. The van der Waals surface area contributed by atoms with Crippen molar-refractivity contribution in [3.63, 3.8) is 0 Å². The van der Waals surface area contributed by atoms with Crippen molar-refractivity contribution in [2.75, 3.05) is 24.5 Å². The van der Waals surface area contributed by atoms with Crippen LogP contribution in [0.15, 0.2) is 58.5 Å². The van der Waals surface area contributed by atoms with Gasteiger partial charge in [-0.05, 0) is 54.0 Å². The second-order valence-corrected chi connectivity index (χ2v) is 13.1. The average molecular weight is 616 g/mol. The van der Waals surface area contributed by atoms with Gasteiger partial charge in [-0.25, -0.2) is 14.8 Å². The van der Waals surface area contributed by atoms with E-state index in [0.29, 0.717) is 11.3 Å². The topological polar surface area (TPSA) is 202 Å². The zero-order chi connectivity index (χ0) is 31.9. The molecule has 5 aliphatic rings. The maximum atomic E-state index is 13.8. The molecule has 0 bridgehead atoms. The van der Waals surface area contributed by atoms with Crippen LogP contribution in [0, 0.1) is 0 Å². The van der Waals surface area contributed by atoms with Crippen LogP contribution in [0.3, 0.4) is 0 Å². The Balaban J connectivity index is 1.18. The summed E-state index contributed by atoms with van der Waals surface area (Å²) in [5.41, 5.74) is 13.6. The first-order chi connectivity index (χ1) is 21.3. The first-order valence-electron chi connectivity index (χ1n) is 15.1. The molecule has 2 saturated heterocycles. The van der Waals surface area contributed by atoms with Gasteiger partial charge in [0.15, 0.2) is 17.6 Å². The molecule has 14 nitrogen and oxygen atoms in total. The molecule has 4 heterocycles. The Bertz CT molecular complexity index is 1660. The fourth-order valence-electron chi connectivity index (χ4n) is 7.83. The minimum atomic E-state index is -2.66. The number of nitrogens with two attached hydrogens (primary N) is 2. The third-order valence-electron chi connectivity index (χ3n) is 9.92. The normalized spacial score (nSPS) is 29.4. The molecule has 2 aromatic carbocycles. The highest BCUT2D eigenvalue weighted by atomic mass is 16.5. The minimum Gasteiger partial charge on any atom is -0.370 e. The van der Waals surface area contributed by atoms with Gasteiger partial charge >= 0.3 is 6.03 Å². The van der Waals surface area contributed by atoms with Crippen molar-refractivity contribution >= 4 is 35.5 Å². The van der Waals surface area contributed by atoms with Gasteiger partial charge in [0.25, 0.3) is 11.8 Å². The van der Waals surface area contributed by atoms with E-state index < -0.39 is 47.4 Å². The lowest BCUT2D eigenvalue weighted by atomic mass is 9.70. The number of para-hydroxylation sites is 1. The van der Waals surface area contributed by atoms with Crippen molar-refractivity contribution in [2.45, 2.75) is 68.1 Å². The number of hydrogen-bond donors (Lipinski definition) is 6. The zero-order valence-corrected chi connectivity index (χ0v) is 25.1. The number of amides is 4. The smallest absolute Gasteiger partial charge is 0.331 e. The van der Waals surface area contributed by atoms with Gasteiger partial charge in [-0.2, -0.15) is 0 Å². The molecular formula is C31H37N9O5. The maximum absolute atomic E-state index is 13.8. The number of aliphatic imine (C=N–C) groups is 2. The number of carbonyl (C=O) groups is 3. The fraction of sp³-hybridized carbons (Fsp3) is 0.452. The Morgan fingerprint density at radius 2 is 1.84 bits per heavy atom. The Hall–Kier alpha value is -4.69. The summed E-state index contributed by atoms with van der Waals surface area (Å²) in [4.78, 5) is 53.1. The van der Waals surface area contributed by atoms with Gasteiger partial charge in [-0.1, -0.05) is 44.2 Å². The standard InChI is InChI=1S/C31H37N9O5/c1-29(2)13-7-9-17-8-6-12-19(23(17)29)25(42)35-21-15-40-27(33)34-20(24-30(40,31(21,44)45)37-26(32)36-24)14-39-22(41)16-38(28(39)43)18-10-4-3-5-11-18/h3-6,8,10-12,20-21,24,44-45H,7,9,13-16H2,1-2H3,(H2,33,34)(H,35,42)(H3,32,36,37)/t20-,21?,24?,30?/m0/s1. The molecule has 0 radical (unpaired) electrons. The molecule has 14 heteroatoms. The van der Waals surface area contributed by atoms with Crippen LogP contribution in [0.4, 0.5) is 10.5 Å². The zero-order valence-electron chi connectivity index (χ0n) is 25.1. The number of benzene rings is 2. The van der Waals surface area contributed by atoms with Crippen molar-refractivity contribution in [3.8, 4) is 0 Å². The van der Waals surface area contributed by atoms with E-state index in [1.165, 1.54) is 9.80 Å². The summed E-state index contributed by atoms with van der Waals surface area (Å²) >= 11 is 0. The van der Waals surface area contributed by atoms with Crippen LogP contribution in [-0.2, 0) is 16.6 Å². The molecule has 3 unspecified atom stereocenters. The van der Waals surface area contributed by atoms with Gasteiger partial charge in [0.05, 0.1) is 12.6 Å². The first kappa shape index (κ1) is 29.0. The second kappa shape index (κ2) is 9.91. The number of rotatable bonds is 5. The van der Waals surface area contributed by atoms with Crippen LogP contribution >= 0.6 is 0 Å². The molecule has 2 fully saturated rings. The summed E-state index contributed by atoms with van der Waals surface area (Å²) in [7, 11) is 0. The van der Waals surface area contributed by atoms with Gasteiger partial charge in [-0.15, -0.1) is 0 Å². The van der Waals surface area contributed by atoms with E-state index in [0.717, 1.165) is 35.3 Å². The molecule has 1 spiro atoms. The lowest BCUT2D eigenvalue weighted by Gasteiger charge is -2.49. The molecule has 4 amide bonds. The predicted octanol–water partition coefficient (Wildman–Crippen LogP) is -0.456. The molecule has 4 atom stereocenters. The van der Waals surface area contributed by atoms with E-state index in [2.05, 4.69) is 34.5 Å². The average Bonchev–Trinajstić information content (AvgIpc) is 3.58. The monoisotopic (exact) mass is 615 g/mol. The lowest BCUT2D eigenvalue weighted by Crippen LogP contribution is -2.78.